The lowest BCUT2D eigenvalue weighted by Crippen LogP contribution is -1.97. The molecule has 0 bridgehead atoms. The third-order valence-corrected chi connectivity index (χ3v) is 2.76. The molecule has 0 aliphatic heterocycles. The summed E-state index contributed by atoms with van der Waals surface area (Å²) < 4.78 is 16.1. The van der Waals surface area contributed by atoms with Gasteiger partial charge in [-0.2, -0.15) is 0 Å². The number of hydrogen-bond donors (Lipinski definition) is 0. The number of halogens is 1. The van der Waals surface area contributed by atoms with Crippen LogP contribution in [0.5, 0.6) is 17.2 Å². The third-order valence-electron chi connectivity index (χ3n) is 2.54. The molecule has 0 saturated carbocycles. The smallest absolute Gasteiger partial charge is 0.122 e. The van der Waals surface area contributed by atoms with Gasteiger partial charge in [0.1, 0.15) is 23.9 Å². The van der Waals surface area contributed by atoms with Crippen LogP contribution in [0.1, 0.15) is 5.56 Å². The molecular formula is C15H14ClO3. The molecular weight excluding hydrogens is 264 g/mol. The molecule has 3 nitrogen and oxygen atoms in total. The maximum atomic E-state index is 5.87. The van der Waals surface area contributed by atoms with Gasteiger partial charge in [0.05, 0.1) is 14.2 Å². The highest BCUT2D eigenvalue weighted by molar-refractivity contribution is 6.30. The lowest BCUT2D eigenvalue weighted by Gasteiger charge is -2.10. The van der Waals surface area contributed by atoms with Crippen LogP contribution in [0.2, 0.25) is 5.02 Å². The van der Waals surface area contributed by atoms with Crippen molar-refractivity contribution in [3.63, 3.8) is 0 Å². The second kappa shape index (κ2) is 6.34. The van der Waals surface area contributed by atoms with Crippen molar-refractivity contribution in [1.82, 2.24) is 0 Å². The van der Waals surface area contributed by atoms with E-state index in [1.54, 1.807) is 32.4 Å². The molecule has 0 unspecified atom stereocenters. The predicted octanol–water partition coefficient (Wildman–Crippen LogP) is 3.74. The Balaban J connectivity index is 2.10. The quantitative estimate of drug-likeness (QED) is 0.833. The lowest BCUT2D eigenvalue weighted by molar-refractivity contribution is 0.304. The van der Waals surface area contributed by atoms with Gasteiger partial charge < -0.3 is 14.2 Å². The molecule has 1 radical (unpaired) electrons. The van der Waals surface area contributed by atoms with E-state index in [0.29, 0.717) is 17.4 Å². The SMILES string of the molecule is COc1cc(COc2c[c]cc(Cl)c2)cc(OC)c1. The van der Waals surface area contributed by atoms with Crippen molar-refractivity contribution < 1.29 is 14.2 Å². The molecule has 0 atom stereocenters. The van der Waals surface area contributed by atoms with E-state index in [2.05, 4.69) is 6.07 Å². The largest absolute Gasteiger partial charge is 0.497 e. The fourth-order valence-electron chi connectivity index (χ4n) is 1.62. The summed E-state index contributed by atoms with van der Waals surface area (Å²) in [6.45, 7) is 0.405. The average Bonchev–Trinajstić information content (AvgIpc) is 2.44. The van der Waals surface area contributed by atoms with Gasteiger partial charge in [-0.15, -0.1) is 0 Å². The van der Waals surface area contributed by atoms with Crippen molar-refractivity contribution in [2.45, 2.75) is 6.61 Å². The zero-order valence-corrected chi connectivity index (χ0v) is 11.5. The third kappa shape index (κ3) is 3.80. The van der Waals surface area contributed by atoms with Gasteiger partial charge in [0.2, 0.25) is 0 Å². The van der Waals surface area contributed by atoms with Gasteiger partial charge in [-0.05, 0) is 42.0 Å². The minimum atomic E-state index is 0.405. The Morgan fingerprint density at radius 3 is 2.21 bits per heavy atom. The first-order valence-corrected chi connectivity index (χ1v) is 6.10. The van der Waals surface area contributed by atoms with Crippen molar-refractivity contribution in [1.29, 1.82) is 0 Å². The van der Waals surface area contributed by atoms with E-state index >= 15 is 0 Å². The monoisotopic (exact) mass is 277 g/mol. The van der Waals surface area contributed by atoms with Crippen LogP contribution in [0.15, 0.2) is 36.4 Å². The highest BCUT2D eigenvalue weighted by Gasteiger charge is 2.03. The van der Waals surface area contributed by atoms with Gasteiger partial charge in [-0.3, -0.25) is 0 Å². The number of hydrogen-bond acceptors (Lipinski definition) is 3. The molecule has 0 aromatic heterocycles. The zero-order chi connectivity index (χ0) is 13.7. The summed E-state index contributed by atoms with van der Waals surface area (Å²) in [4.78, 5) is 0. The summed E-state index contributed by atoms with van der Waals surface area (Å²) in [5.41, 5.74) is 0.955. The molecule has 0 N–H and O–H groups in total. The molecule has 99 valence electrons. The average molecular weight is 278 g/mol. The standard InChI is InChI=1S/C15H14ClO3/c1-17-14-6-11(7-15(9-14)18-2)10-19-13-5-3-4-12(16)8-13/h4-9H,10H2,1-2H3. The Labute approximate surface area is 117 Å². The Kier molecular flexibility index (Phi) is 4.53. The molecule has 2 aromatic carbocycles. The van der Waals surface area contributed by atoms with Gasteiger partial charge in [0.15, 0.2) is 0 Å². The molecule has 2 aromatic rings. The summed E-state index contributed by atoms with van der Waals surface area (Å²) in [5.74, 6) is 2.14. The van der Waals surface area contributed by atoms with Crippen LogP contribution in [0.25, 0.3) is 0 Å². The Morgan fingerprint density at radius 1 is 0.947 bits per heavy atom. The predicted molar refractivity (Wildman–Crippen MR) is 74.2 cm³/mol. The first-order valence-electron chi connectivity index (χ1n) is 5.72. The van der Waals surface area contributed by atoms with Crippen LogP contribution in [-0.4, -0.2) is 14.2 Å². The Morgan fingerprint density at radius 2 is 1.63 bits per heavy atom. The van der Waals surface area contributed by atoms with Crippen LogP contribution in [0.4, 0.5) is 0 Å². The van der Waals surface area contributed by atoms with E-state index in [4.69, 9.17) is 25.8 Å². The fraction of sp³-hybridized carbons (Fsp3) is 0.200. The van der Waals surface area contributed by atoms with Crippen LogP contribution >= 0.6 is 11.6 Å². The lowest BCUT2D eigenvalue weighted by atomic mass is 10.2. The Bertz CT molecular complexity index is 533. The van der Waals surface area contributed by atoms with E-state index in [9.17, 15) is 0 Å². The zero-order valence-electron chi connectivity index (χ0n) is 10.8. The van der Waals surface area contributed by atoms with Gasteiger partial charge in [0.25, 0.3) is 0 Å². The van der Waals surface area contributed by atoms with Gasteiger partial charge in [-0.25, -0.2) is 0 Å². The van der Waals surface area contributed by atoms with Crippen LogP contribution in [0, 0.1) is 6.07 Å². The van der Waals surface area contributed by atoms with E-state index in [1.165, 1.54) is 0 Å². The number of rotatable bonds is 5. The van der Waals surface area contributed by atoms with E-state index in [-0.39, 0.29) is 0 Å². The molecule has 0 heterocycles. The molecule has 0 aliphatic rings. The first-order chi connectivity index (χ1) is 9.21. The summed E-state index contributed by atoms with van der Waals surface area (Å²) in [5, 5.41) is 0.598. The molecule has 2 rings (SSSR count). The highest BCUT2D eigenvalue weighted by Crippen LogP contribution is 2.24. The normalized spacial score (nSPS) is 10.1. The topological polar surface area (TPSA) is 27.7 Å². The first kappa shape index (κ1) is 13.6. The van der Waals surface area contributed by atoms with Gasteiger partial charge in [-0.1, -0.05) is 11.6 Å². The summed E-state index contributed by atoms with van der Waals surface area (Å²) in [6.07, 6.45) is 0. The van der Waals surface area contributed by atoms with Crippen LogP contribution < -0.4 is 14.2 Å². The van der Waals surface area contributed by atoms with E-state index in [1.807, 2.05) is 18.2 Å². The van der Waals surface area contributed by atoms with Crippen molar-refractivity contribution >= 4 is 11.6 Å². The van der Waals surface area contributed by atoms with E-state index < -0.39 is 0 Å². The molecule has 4 heteroatoms. The van der Waals surface area contributed by atoms with Crippen LogP contribution in [-0.2, 0) is 6.61 Å². The van der Waals surface area contributed by atoms with Crippen LogP contribution in [0.3, 0.4) is 0 Å². The molecule has 0 amide bonds. The van der Waals surface area contributed by atoms with Crippen molar-refractivity contribution in [3.8, 4) is 17.2 Å². The fourth-order valence-corrected chi connectivity index (χ4v) is 1.79. The summed E-state index contributed by atoms with van der Waals surface area (Å²) >= 11 is 5.87. The van der Waals surface area contributed by atoms with Crippen molar-refractivity contribution in [3.05, 3.63) is 53.1 Å². The Hall–Kier alpha value is -1.87. The molecule has 0 spiro atoms. The minimum absolute atomic E-state index is 0.405. The van der Waals surface area contributed by atoms with Crippen molar-refractivity contribution in [2.24, 2.45) is 0 Å². The molecule has 0 fully saturated rings. The summed E-state index contributed by atoms with van der Waals surface area (Å²) in [6, 6.07) is 13.7. The molecule has 0 saturated heterocycles. The second-order valence-corrected chi connectivity index (χ2v) is 4.33. The summed E-state index contributed by atoms with van der Waals surface area (Å²) in [7, 11) is 3.23. The molecule has 0 aliphatic carbocycles. The van der Waals surface area contributed by atoms with Gasteiger partial charge in [0, 0.05) is 11.1 Å². The number of benzene rings is 2. The minimum Gasteiger partial charge on any atom is -0.497 e. The number of ether oxygens (including phenoxy) is 3. The van der Waals surface area contributed by atoms with Gasteiger partial charge >= 0.3 is 0 Å². The maximum Gasteiger partial charge on any atom is 0.122 e. The highest BCUT2D eigenvalue weighted by atomic mass is 35.5. The second-order valence-electron chi connectivity index (χ2n) is 3.90. The van der Waals surface area contributed by atoms with Crippen molar-refractivity contribution in [2.75, 3.05) is 14.2 Å². The maximum absolute atomic E-state index is 5.87. The molecule has 19 heavy (non-hydrogen) atoms. The number of methoxy groups -OCH3 is 2. The van der Waals surface area contributed by atoms with E-state index in [0.717, 1.165) is 17.1 Å².